The Morgan fingerprint density at radius 3 is 2.82 bits per heavy atom. The summed E-state index contributed by atoms with van der Waals surface area (Å²) in [5.41, 5.74) is 1.34. The lowest BCUT2D eigenvalue weighted by Crippen LogP contribution is -2.27. The van der Waals surface area contributed by atoms with E-state index in [0.717, 1.165) is 21.6 Å². The second-order valence-electron chi connectivity index (χ2n) is 4.79. The molecule has 1 heterocycles. The summed E-state index contributed by atoms with van der Waals surface area (Å²) in [5.74, 6) is -0.112. The maximum absolute atomic E-state index is 12.6. The van der Waals surface area contributed by atoms with Gasteiger partial charge in [0, 0.05) is 24.7 Å². The highest BCUT2D eigenvalue weighted by Gasteiger charge is 2.18. The highest BCUT2D eigenvalue weighted by atomic mass is 79.9. The molecule has 0 aliphatic carbocycles. The van der Waals surface area contributed by atoms with Crippen molar-refractivity contribution in [1.82, 2.24) is 14.7 Å². The molecule has 2 rings (SSSR count). The minimum absolute atomic E-state index is 0.112. The second kappa shape index (κ2) is 7.53. The van der Waals surface area contributed by atoms with Crippen LogP contribution in [0, 0.1) is 0 Å². The first-order chi connectivity index (χ1) is 10.5. The predicted molar refractivity (Wildman–Crippen MR) is 94.6 cm³/mol. The van der Waals surface area contributed by atoms with Gasteiger partial charge < -0.3 is 4.90 Å². The van der Waals surface area contributed by atoms with Crippen LogP contribution in [-0.4, -0.2) is 33.9 Å². The normalized spacial score (nSPS) is 10.8. The molecule has 0 bridgehead atoms. The number of carbonyl (C=O) groups excluding carboxylic acids is 1. The fourth-order valence-electron chi connectivity index (χ4n) is 2.00. The lowest BCUT2D eigenvalue weighted by molar-refractivity contribution is 0.0783. The maximum Gasteiger partial charge on any atom is 0.255 e. The van der Waals surface area contributed by atoms with E-state index in [9.17, 15) is 4.79 Å². The van der Waals surface area contributed by atoms with Crippen LogP contribution < -0.4 is 0 Å². The van der Waals surface area contributed by atoms with Gasteiger partial charge in [-0.1, -0.05) is 11.6 Å². The van der Waals surface area contributed by atoms with Gasteiger partial charge in [-0.25, -0.2) is 0 Å². The largest absolute Gasteiger partial charge is 0.336 e. The zero-order valence-corrected chi connectivity index (χ0v) is 15.8. The summed E-state index contributed by atoms with van der Waals surface area (Å²) in [4.78, 5) is 15.2. The van der Waals surface area contributed by atoms with Gasteiger partial charge in [0.25, 0.3) is 5.91 Å². The molecule has 0 unspecified atom stereocenters. The third kappa shape index (κ3) is 3.86. The van der Waals surface area contributed by atoms with Crippen LogP contribution in [0.3, 0.4) is 0 Å². The van der Waals surface area contributed by atoms with E-state index in [1.807, 2.05) is 36.2 Å². The summed E-state index contributed by atoms with van der Waals surface area (Å²) in [5, 5.41) is 4.90. The quantitative estimate of drug-likeness (QED) is 0.699. The van der Waals surface area contributed by atoms with E-state index in [2.05, 4.69) is 21.0 Å². The number of amides is 1. The van der Waals surface area contributed by atoms with Gasteiger partial charge >= 0.3 is 0 Å². The van der Waals surface area contributed by atoms with Crippen LogP contribution in [0.1, 0.15) is 23.0 Å². The molecule has 7 heteroatoms. The number of thioether (sulfide) groups is 1. The minimum Gasteiger partial charge on any atom is -0.336 e. The second-order valence-corrected chi connectivity index (χ2v) is 6.93. The Kier molecular flexibility index (Phi) is 5.94. The van der Waals surface area contributed by atoms with Crippen LogP contribution >= 0.6 is 39.3 Å². The molecule has 0 saturated heterocycles. The van der Waals surface area contributed by atoms with E-state index >= 15 is 0 Å². The van der Waals surface area contributed by atoms with E-state index in [-0.39, 0.29) is 5.91 Å². The van der Waals surface area contributed by atoms with Gasteiger partial charge in [-0.15, -0.1) is 11.8 Å². The van der Waals surface area contributed by atoms with Crippen molar-refractivity contribution >= 4 is 45.2 Å². The maximum atomic E-state index is 12.6. The van der Waals surface area contributed by atoms with Crippen molar-refractivity contribution in [2.45, 2.75) is 24.9 Å². The molecule has 1 amide bonds. The van der Waals surface area contributed by atoms with Gasteiger partial charge in [0.15, 0.2) is 0 Å². The Hall–Kier alpha value is -0.980. The molecule has 22 heavy (non-hydrogen) atoms. The van der Waals surface area contributed by atoms with Crippen molar-refractivity contribution in [2.24, 2.45) is 0 Å². The van der Waals surface area contributed by atoms with Crippen LogP contribution in [0.25, 0.3) is 0 Å². The fraction of sp³-hybridized carbons (Fsp3) is 0.333. The van der Waals surface area contributed by atoms with E-state index < -0.39 is 0 Å². The van der Waals surface area contributed by atoms with Crippen molar-refractivity contribution in [3.05, 3.63) is 45.1 Å². The predicted octanol–water partition coefficient (Wildman–Crippen LogP) is 4.31. The molecule has 1 aromatic heterocycles. The average molecular weight is 403 g/mol. The van der Waals surface area contributed by atoms with Crippen LogP contribution in [-0.2, 0) is 13.1 Å². The number of hydrogen-bond acceptors (Lipinski definition) is 3. The number of aryl methyl sites for hydroxylation is 1. The Labute approximate surface area is 148 Å². The lowest BCUT2D eigenvalue weighted by Gasteiger charge is -2.17. The van der Waals surface area contributed by atoms with Gasteiger partial charge in [0.2, 0.25) is 0 Å². The molecular weight excluding hydrogens is 386 g/mol. The molecule has 0 fully saturated rings. The van der Waals surface area contributed by atoms with Gasteiger partial charge in [-0.2, -0.15) is 5.10 Å². The minimum atomic E-state index is -0.112. The number of hydrogen-bond donors (Lipinski definition) is 0. The molecule has 0 saturated carbocycles. The van der Waals surface area contributed by atoms with Crippen LogP contribution in [0.2, 0.25) is 5.02 Å². The van der Waals surface area contributed by atoms with E-state index in [4.69, 9.17) is 11.6 Å². The van der Waals surface area contributed by atoms with Crippen molar-refractivity contribution in [2.75, 3.05) is 13.3 Å². The molecule has 0 aliphatic heterocycles. The number of nitrogens with zero attached hydrogens (tertiary/aromatic N) is 3. The standard InChI is InChI=1S/C15H17BrClN3OS/c1-4-20-8-12(16)14(18-20)9-19(2)15(21)11-7-10(22-3)5-6-13(11)17/h5-8H,4,9H2,1-3H3. The Bertz CT molecular complexity index is 689. The molecular formula is C15H17BrClN3OS. The number of halogens is 2. The third-order valence-electron chi connectivity index (χ3n) is 3.25. The van der Waals surface area contributed by atoms with Crippen LogP contribution in [0.4, 0.5) is 0 Å². The summed E-state index contributed by atoms with van der Waals surface area (Å²) in [7, 11) is 1.75. The van der Waals surface area contributed by atoms with Gasteiger partial charge in [-0.3, -0.25) is 9.48 Å². The molecule has 0 N–H and O–H groups in total. The highest BCUT2D eigenvalue weighted by Crippen LogP contribution is 2.25. The topological polar surface area (TPSA) is 38.1 Å². The summed E-state index contributed by atoms with van der Waals surface area (Å²) in [6.45, 7) is 3.23. The smallest absolute Gasteiger partial charge is 0.255 e. The van der Waals surface area contributed by atoms with Crippen LogP contribution in [0.15, 0.2) is 33.8 Å². The van der Waals surface area contributed by atoms with Gasteiger partial charge in [0.05, 0.1) is 27.3 Å². The van der Waals surface area contributed by atoms with Crippen LogP contribution in [0.5, 0.6) is 0 Å². The molecule has 0 atom stereocenters. The summed E-state index contributed by atoms with van der Waals surface area (Å²) in [6.07, 6.45) is 3.88. The molecule has 118 valence electrons. The zero-order chi connectivity index (χ0) is 16.3. The lowest BCUT2D eigenvalue weighted by atomic mass is 10.2. The van der Waals surface area contributed by atoms with E-state index in [0.29, 0.717) is 17.1 Å². The molecule has 0 aliphatic rings. The molecule has 4 nitrogen and oxygen atoms in total. The van der Waals surface area contributed by atoms with Crippen molar-refractivity contribution in [1.29, 1.82) is 0 Å². The van der Waals surface area contributed by atoms with E-state index in [1.54, 1.807) is 29.8 Å². The first-order valence-corrected chi connectivity index (χ1v) is 9.16. The first-order valence-electron chi connectivity index (χ1n) is 6.77. The number of benzene rings is 1. The SMILES string of the molecule is CCn1cc(Br)c(CN(C)C(=O)c2cc(SC)ccc2Cl)n1. The number of aromatic nitrogens is 2. The highest BCUT2D eigenvalue weighted by molar-refractivity contribution is 9.10. The molecule has 1 aromatic carbocycles. The molecule has 0 radical (unpaired) electrons. The van der Waals surface area contributed by atoms with Crippen molar-refractivity contribution in [3.63, 3.8) is 0 Å². The average Bonchev–Trinajstić information content (AvgIpc) is 2.87. The Morgan fingerprint density at radius 1 is 1.50 bits per heavy atom. The Morgan fingerprint density at radius 2 is 2.23 bits per heavy atom. The van der Waals surface area contributed by atoms with Gasteiger partial charge in [0.1, 0.15) is 0 Å². The number of carbonyl (C=O) groups is 1. The number of rotatable bonds is 5. The van der Waals surface area contributed by atoms with Crippen molar-refractivity contribution in [3.8, 4) is 0 Å². The summed E-state index contributed by atoms with van der Waals surface area (Å²) in [6, 6.07) is 5.49. The zero-order valence-electron chi connectivity index (χ0n) is 12.6. The molecule has 2 aromatic rings. The fourth-order valence-corrected chi connectivity index (χ4v) is 3.08. The van der Waals surface area contributed by atoms with Gasteiger partial charge in [-0.05, 0) is 47.3 Å². The summed E-state index contributed by atoms with van der Waals surface area (Å²) >= 11 is 11.2. The molecule has 0 spiro atoms. The summed E-state index contributed by atoms with van der Waals surface area (Å²) < 4.78 is 2.73. The van der Waals surface area contributed by atoms with Crippen molar-refractivity contribution < 1.29 is 4.79 Å². The first kappa shape index (κ1) is 17.4. The van der Waals surface area contributed by atoms with E-state index in [1.165, 1.54) is 0 Å². The Balaban J connectivity index is 2.20. The third-order valence-corrected chi connectivity index (χ3v) is 4.97. The monoisotopic (exact) mass is 401 g/mol.